The number of halogens is 4. The predicted molar refractivity (Wildman–Crippen MR) is 53.6 cm³/mol. The fourth-order valence-electron chi connectivity index (χ4n) is 1.17. The molecule has 0 bridgehead atoms. The summed E-state index contributed by atoms with van der Waals surface area (Å²) in [4.78, 5) is 11.3. The number of carbonyl (C=O) groups is 1. The number of benzene rings is 1. The summed E-state index contributed by atoms with van der Waals surface area (Å²) in [5.74, 6) is -2.41. The zero-order chi connectivity index (χ0) is 13.8. The lowest BCUT2D eigenvalue weighted by Crippen LogP contribution is -2.12. The first-order valence-corrected chi connectivity index (χ1v) is 4.89. The average Bonchev–Trinajstić information content (AvgIpc) is 2.27. The SMILES string of the molecule is COCCOC(=O)c1ccc(C(F)(F)F)c(F)c1. The molecule has 0 fully saturated rings. The summed E-state index contributed by atoms with van der Waals surface area (Å²) in [6.45, 7) is 0.0901. The van der Waals surface area contributed by atoms with Crippen molar-refractivity contribution in [2.24, 2.45) is 0 Å². The van der Waals surface area contributed by atoms with Gasteiger partial charge in [-0.2, -0.15) is 13.2 Å². The molecule has 0 aliphatic heterocycles. The fraction of sp³-hybridized carbons (Fsp3) is 0.364. The van der Waals surface area contributed by atoms with Crippen molar-refractivity contribution in [1.29, 1.82) is 0 Å². The lowest BCUT2D eigenvalue weighted by atomic mass is 10.1. The summed E-state index contributed by atoms with van der Waals surface area (Å²) in [5, 5.41) is 0. The van der Waals surface area contributed by atoms with Crippen molar-refractivity contribution >= 4 is 5.97 Å². The van der Waals surface area contributed by atoms with E-state index in [0.717, 1.165) is 6.07 Å². The monoisotopic (exact) mass is 266 g/mol. The van der Waals surface area contributed by atoms with Gasteiger partial charge in [0.15, 0.2) is 0 Å². The summed E-state index contributed by atoms with van der Waals surface area (Å²) in [5.41, 5.74) is -1.70. The highest BCUT2D eigenvalue weighted by Gasteiger charge is 2.34. The molecule has 0 atom stereocenters. The molecule has 1 aromatic carbocycles. The Morgan fingerprint density at radius 3 is 2.44 bits per heavy atom. The van der Waals surface area contributed by atoms with E-state index in [1.807, 2.05) is 0 Å². The number of esters is 1. The molecule has 1 aromatic rings. The molecule has 0 saturated carbocycles. The lowest BCUT2D eigenvalue weighted by Gasteiger charge is -2.09. The van der Waals surface area contributed by atoms with E-state index in [-0.39, 0.29) is 18.8 Å². The van der Waals surface area contributed by atoms with Crippen LogP contribution in [0, 0.1) is 5.82 Å². The number of methoxy groups -OCH3 is 1. The van der Waals surface area contributed by atoms with Gasteiger partial charge in [-0.3, -0.25) is 0 Å². The summed E-state index contributed by atoms with van der Waals surface area (Å²) < 4.78 is 59.2. The second-order valence-corrected chi connectivity index (χ2v) is 3.32. The highest BCUT2D eigenvalue weighted by atomic mass is 19.4. The van der Waals surface area contributed by atoms with Crippen molar-refractivity contribution in [3.63, 3.8) is 0 Å². The Labute approximate surface area is 100 Å². The first kappa shape index (κ1) is 14.4. The Morgan fingerprint density at radius 1 is 1.28 bits per heavy atom. The number of hydrogen-bond acceptors (Lipinski definition) is 3. The molecule has 0 N–H and O–H groups in total. The minimum Gasteiger partial charge on any atom is -0.460 e. The van der Waals surface area contributed by atoms with E-state index < -0.39 is 23.5 Å². The highest BCUT2D eigenvalue weighted by Crippen LogP contribution is 2.31. The first-order chi connectivity index (χ1) is 8.36. The van der Waals surface area contributed by atoms with Gasteiger partial charge in [-0.05, 0) is 18.2 Å². The van der Waals surface area contributed by atoms with Gasteiger partial charge in [-0.15, -0.1) is 0 Å². The van der Waals surface area contributed by atoms with Crippen LogP contribution in [0.4, 0.5) is 17.6 Å². The number of ether oxygens (including phenoxy) is 2. The molecule has 0 spiro atoms. The van der Waals surface area contributed by atoms with Crippen LogP contribution in [0.25, 0.3) is 0 Å². The van der Waals surface area contributed by atoms with Crippen LogP contribution in [0.5, 0.6) is 0 Å². The molecule has 0 radical (unpaired) electrons. The van der Waals surface area contributed by atoms with Crippen molar-refractivity contribution in [3.05, 3.63) is 35.1 Å². The van der Waals surface area contributed by atoms with Crippen LogP contribution in [0.15, 0.2) is 18.2 Å². The fourth-order valence-corrected chi connectivity index (χ4v) is 1.17. The molecule has 0 heterocycles. The molecule has 18 heavy (non-hydrogen) atoms. The second kappa shape index (κ2) is 5.81. The molecule has 0 aliphatic rings. The quantitative estimate of drug-likeness (QED) is 0.477. The predicted octanol–water partition coefficient (Wildman–Crippen LogP) is 2.65. The Balaban J connectivity index is 2.81. The molecule has 0 saturated heterocycles. The minimum atomic E-state index is -4.79. The maximum absolute atomic E-state index is 13.1. The van der Waals surface area contributed by atoms with Gasteiger partial charge in [0.2, 0.25) is 0 Å². The van der Waals surface area contributed by atoms with Crippen LogP contribution in [0.3, 0.4) is 0 Å². The van der Waals surface area contributed by atoms with Crippen molar-refractivity contribution in [2.45, 2.75) is 6.18 Å². The Hall–Kier alpha value is -1.63. The van der Waals surface area contributed by atoms with Gasteiger partial charge in [-0.25, -0.2) is 9.18 Å². The molecule has 0 amide bonds. The number of alkyl halides is 3. The van der Waals surface area contributed by atoms with Gasteiger partial charge in [-0.1, -0.05) is 0 Å². The normalized spacial score (nSPS) is 11.4. The zero-order valence-corrected chi connectivity index (χ0v) is 9.38. The van der Waals surface area contributed by atoms with Gasteiger partial charge in [0.25, 0.3) is 0 Å². The minimum absolute atomic E-state index is 0.0576. The van der Waals surface area contributed by atoms with Crippen LogP contribution in [0.1, 0.15) is 15.9 Å². The van der Waals surface area contributed by atoms with Crippen LogP contribution in [-0.4, -0.2) is 26.3 Å². The van der Waals surface area contributed by atoms with Crippen molar-refractivity contribution < 1.29 is 31.8 Å². The molecule has 0 aliphatic carbocycles. The maximum Gasteiger partial charge on any atom is 0.419 e. The van der Waals surface area contributed by atoms with Gasteiger partial charge >= 0.3 is 12.1 Å². The third-order valence-electron chi connectivity index (χ3n) is 2.03. The molecule has 7 heteroatoms. The Kier molecular flexibility index (Phi) is 4.66. The van der Waals surface area contributed by atoms with E-state index in [9.17, 15) is 22.4 Å². The number of hydrogen-bond donors (Lipinski definition) is 0. The van der Waals surface area contributed by atoms with Crippen LogP contribution < -0.4 is 0 Å². The Morgan fingerprint density at radius 2 is 1.94 bits per heavy atom. The largest absolute Gasteiger partial charge is 0.460 e. The molecular weight excluding hydrogens is 256 g/mol. The number of rotatable bonds is 4. The average molecular weight is 266 g/mol. The van der Waals surface area contributed by atoms with Gasteiger partial charge in [0.05, 0.1) is 17.7 Å². The second-order valence-electron chi connectivity index (χ2n) is 3.32. The summed E-state index contributed by atoms with van der Waals surface area (Å²) in [7, 11) is 1.39. The van der Waals surface area contributed by atoms with E-state index >= 15 is 0 Å². The van der Waals surface area contributed by atoms with Crippen LogP contribution >= 0.6 is 0 Å². The van der Waals surface area contributed by atoms with Gasteiger partial charge in [0.1, 0.15) is 12.4 Å². The first-order valence-electron chi connectivity index (χ1n) is 4.89. The third kappa shape index (κ3) is 3.69. The summed E-state index contributed by atoms with van der Waals surface area (Å²) in [6, 6.07) is 1.86. The Bertz CT molecular complexity index is 429. The molecule has 3 nitrogen and oxygen atoms in total. The summed E-state index contributed by atoms with van der Waals surface area (Å²) >= 11 is 0. The molecule has 100 valence electrons. The summed E-state index contributed by atoms with van der Waals surface area (Å²) in [6.07, 6.45) is -4.79. The van der Waals surface area contributed by atoms with Gasteiger partial charge in [0, 0.05) is 7.11 Å². The smallest absolute Gasteiger partial charge is 0.419 e. The number of carbonyl (C=O) groups excluding carboxylic acids is 1. The van der Waals surface area contributed by atoms with Gasteiger partial charge < -0.3 is 9.47 Å². The third-order valence-corrected chi connectivity index (χ3v) is 2.03. The van der Waals surface area contributed by atoms with Crippen LogP contribution in [0.2, 0.25) is 0 Å². The zero-order valence-electron chi connectivity index (χ0n) is 9.38. The maximum atomic E-state index is 13.1. The molecule has 1 rings (SSSR count). The molecular formula is C11H10F4O3. The molecule has 0 aromatic heterocycles. The van der Waals surface area contributed by atoms with E-state index in [1.54, 1.807) is 0 Å². The van der Waals surface area contributed by atoms with Crippen molar-refractivity contribution in [3.8, 4) is 0 Å². The molecule has 0 unspecified atom stereocenters. The van der Waals surface area contributed by atoms with Crippen LogP contribution in [-0.2, 0) is 15.7 Å². The van der Waals surface area contributed by atoms with E-state index in [2.05, 4.69) is 9.47 Å². The van der Waals surface area contributed by atoms with Crippen molar-refractivity contribution in [2.75, 3.05) is 20.3 Å². The topological polar surface area (TPSA) is 35.5 Å². The highest BCUT2D eigenvalue weighted by molar-refractivity contribution is 5.89. The van der Waals surface area contributed by atoms with E-state index in [4.69, 9.17) is 0 Å². The lowest BCUT2D eigenvalue weighted by molar-refractivity contribution is -0.140. The van der Waals surface area contributed by atoms with E-state index in [1.165, 1.54) is 7.11 Å². The standard InChI is InChI=1S/C11H10F4O3/c1-17-4-5-18-10(16)7-2-3-8(9(12)6-7)11(13,14)15/h2-3,6H,4-5H2,1H3. The van der Waals surface area contributed by atoms with Crippen molar-refractivity contribution in [1.82, 2.24) is 0 Å². The van der Waals surface area contributed by atoms with E-state index in [0.29, 0.717) is 12.1 Å².